The summed E-state index contributed by atoms with van der Waals surface area (Å²) in [7, 11) is 0. The van der Waals surface area contributed by atoms with Crippen LogP contribution in [0.15, 0.2) is 65.6 Å². The van der Waals surface area contributed by atoms with Crippen molar-refractivity contribution in [1.82, 2.24) is 10.2 Å². The maximum atomic E-state index is 13.3. The van der Waals surface area contributed by atoms with Crippen LogP contribution in [0.1, 0.15) is 30.6 Å². The fourth-order valence-electron chi connectivity index (χ4n) is 3.34. The molecule has 0 bridgehead atoms. The largest absolute Gasteiger partial charge is 0.356 e. The lowest BCUT2D eigenvalue weighted by atomic mass is 9.96. The maximum absolute atomic E-state index is 13.3. The van der Waals surface area contributed by atoms with Gasteiger partial charge in [0.25, 0.3) is 0 Å². The molecule has 4 nitrogen and oxygen atoms in total. The first-order chi connectivity index (χ1) is 13.1. The predicted molar refractivity (Wildman–Crippen MR) is 109 cm³/mol. The van der Waals surface area contributed by atoms with Crippen LogP contribution in [-0.2, 0) is 9.59 Å². The zero-order valence-corrected chi connectivity index (χ0v) is 16.5. The van der Waals surface area contributed by atoms with Crippen LogP contribution in [0, 0.1) is 5.92 Å². The first kappa shape index (κ1) is 19.5. The van der Waals surface area contributed by atoms with Crippen molar-refractivity contribution in [3.63, 3.8) is 0 Å². The number of carbonyl (C=O) groups excluding carboxylic acids is 2. The molecular formula is C22H26N2O2S. The third-order valence-electron chi connectivity index (χ3n) is 4.89. The highest BCUT2D eigenvalue weighted by Gasteiger charge is 2.30. The number of piperidine rings is 1. The average molecular weight is 383 g/mol. The molecule has 1 N–H and O–H groups in total. The van der Waals surface area contributed by atoms with Gasteiger partial charge >= 0.3 is 0 Å². The van der Waals surface area contributed by atoms with E-state index < -0.39 is 0 Å². The van der Waals surface area contributed by atoms with Gasteiger partial charge in [-0.3, -0.25) is 9.59 Å². The number of carbonyl (C=O) groups is 2. The monoisotopic (exact) mass is 382 g/mol. The number of benzene rings is 2. The van der Waals surface area contributed by atoms with E-state index in [9.17, 15) is 9.59 Å². The molecule has 1 fully saturated rings. The Morgan fingerprint density at radius 3 is 2.22 bits per heavy atom. The summed E-state index contributed by atoms with van der Waals surface area (Å²) in [5.41, 5.74) is 1.04. The summed E-state index contributed by atoms with van der Waals surface area (Å²) in [5, 5.41) is 2.66. The number of rotatable bonds is 6. The summed E-state index contributed by atoms with van der Waals surface area (Å²) in [6.07, 6.45) is 1.87. The van der Waals surface area contributed by atoms with Gasteiger partial charge in [-0.05, 0) is 36.5 Å². The molecule has 1 aliphatic rings. The van der Waals surface area contributed by atoms with Gasteiger partial charge in [0.15, 0.2) is 0 Å². The smallest absolute Gasteiger partial charge is 0.240 e. The summed E-state index contributed by atoms with van der Waals surface area (Å²) in [6.45, 7) is 3.76. The van der Waals surface area contributed by atoms with Gasteiger partial charge in [-0.2, -0.15) is 0 Å². The van der Waals surface area contributed by atoms with E-state index in [-0.39, 0.29) is 17.1 Å². The Balaban J connectivity index is 1.67. The van der Waals surface area contributed by atoms with Gasteiger partial charge in [0.1, 0.15) is 5.25 Å². The lowest BCUT2D eigenvalue weighted by Gasteiger charge is -2.34. The number of hydrogen-bond acceptors (Lipinski definition) is 3. The van der Waals surface area contributed by atoms with Crippen LogP contribution >= 0.6 is 11.8 Å². The van der Waals surface area contributed by atoms with Gasteiger partial charge in [0.05, 0.1) is 0 Å². The van der Waals surface area contributed by atoms with Gasteiger partial charge in [0.2, 0.25) is 11.8 Å². The SMILES string of the molecule is CC(=O)NCC1CCN(C(=O)C(Sc2ccccc2)c2ccccc2)CC1. The van der Waals surface area contributed by atoms with E-state index in [0.29, 0.717) is 12.5 Å². The Bertz CT molecular complexity index is 743. The molecular weight excluding hydrogens is 356 g/mol. The molecule has 0 radical (unpaired) electrons. The maximum Gasteiger partial charge on any atom is 0.240 e. The predicted octanol–water partition coefficient (Wildman–Crippen LogP) is 3.89. The fraction of sp³-hybridized carbons (Fsp3) is 0.364. The van der Waals surface area contributed by atoms with Crippen molar-refractivity contribution < 1.29 is 9.59 Å². The topological polar surface area (TPSA) is 49.4 Å². The Labute approximate surface area is 165 Å². The van der Waals surface area contributed by atoms with Gasteiger partial charge < -0.3 is 10.2 Å². The van der Waals surface area contributed by atoms with Crippen molar-refractivity contribution in [3.8, 4) is 0 Å². The Morgan fingerprint density at radius 1 is 1.04 bits per heavy atom. The van der Waals surface area contributed by atoms with Crippen LogP contribution in [0.3, 0.4) is 0 Å². The summed E-state index contributed by atoms with van der Waals surface area (Å²) >= 11 is 1.61. The van der Waals surface area contributed by atoms with E-state index in [1.54, 1.807) is 18.7 Å². The summed E-state index contributed by atoms with van der Waals surface area (Å²) in [6, 6.07) is 20.1. The van der Waals surface area contributed by atoms with Crippen LogP contribution in [0.2, 0.25) is 0 Å². The van der Waals surface area contributed by atoms with Crippen molar-refractivity contribution in [1.29, 1.82) is 0 Å². The number of nitrogens with one attached hydrogen (secondary N) is 1. The molecule has 2 amide bonds. The van der Waals surface area contributed by atoms with Gasteiger partial charge in [0, 0.05) is 31.5 Å². The zero-order valence-electron chi connectivity index (χ0n) is 15.6. The number of likely N-dealkylation sites (tertiary alicyclic amines) is 1. The number of nitrogens with zero attached hydrogens (tertiary/aromatic N) is 1. The molecule has 142 valence electrons. The summed E-state index contributed by atoms with van der Waals surface area (Å²) in [5.74, 6) is 0.639. The Hall–Kier alpha value is -2.27. The number of thioether (sulfide) groups is 1. The minimum atomic E-state index is -0.236. The van der Waals surface area contributed by atoms with Crippen LogP contribution in [-0.4, -0.2) is 36.3 Å². The molecule has 1 unspecified atom stereocenters. The minimum absolute atomic E-state index is 0.0110. The van der Waals surface area contributed by atoms with Crippen molar-refractivity contribution in [2.45, 2.75) is 29.9 Å². The van der Waals surface area contributed by atoms with Gasteiger partial charge in [-0.15, -0.1) is 11.8 Å². The van der Waals surface area contributed by atoms with E-state index in [4.69, 9.17) is 0 Å². The molecule has 0 aliphatic carbocycles. The van der Waals surface area contributed by atoms with Crippen LogP contribution < -0.4 is 5.32 Å². The first-order valence-corrected chi connectivity index (χ1v) is 10.3. The number of hydrogen-bond donors (Lipinski definition) is 1. The molecule has 1 aliphatic heterocycles. The van der Waals surface area contributed by atoms with Crippen LogP contribution in [0.5, 0.6) is 0 Å². The lowest BCUT2D eigenvalue weighted by molar-refractivity contribution is -0.132. The molecule has 5 heteroatoms. The van der Waals surface area contributed by atoms with Gasteiger partial charge in [-0.1, -0.05) is 48.5 Å². The molecule has 0 spiro atoms. The highest BCUT2D eigenvalue weighted by molar-refractivity contribution is 8.00. The van der Waals surface area contributed by atoms with Crippen LogP contribution in [0.25, 0.3) is 0 Å². The standard InChI is InChI=1S/C22H26N2O2S/c1-17(25)23-16-18-12-14-24(15-13-18)22(26)21(19-8-4-2-5-9-19)27-20-10-6-3-7-11-20/h2-11,18,21H,12-16H2,1H3,(H,23,25). The summed E-state index contributed by atoms with van der Waals surface area (Å²) in [4.78, 5) is 27.5. The van der Waals surface area contributed by atoms with Crippen molar-refractivity contribution in [2.75, 3.05) is 19.6 Å². The quantitative estimate of drug-likeness (QED) is 0.771. The molecule has 3 rings (SSSR count). The van der Waals surface area contributed by atoms with E-state index in [1.165, 1.54) is 0 Å². The fourth-order valence-corrected chi connectivity index (χ4v) is 4.46. The van der Waals surface area contributed by atoms with Crippen molar-refractivity contribution >= 4 is 23.6 Å². The molecule has 27 heavy (non-hydrogen) atoms. The summed E-state index contributed by atoms with van der Waals surface area (Å²) < 4.78 is 0. The Kier molecular flexibility index (Phi) is 6.93. The second-order valence-corrected chi connectivity index (χ2v) is 8.11. The first-order valence-electron chi connectivity index (χ1n) is 9.43. The lowest BCUT2D eigenvalue weighted by Crippen LogP contribution is -2.42. The minimum Gasteiger partial charge on any atom is -0.356 e. The molecule has 1 saturated heterocycles. The highest BCUT2D eigenvalue weighted by atomic mass is 32.2. The van der Waals surface area contributed by atoms with Crippen molar-refractivity contribution in [3.05, 3.63) is 66.2 Å². The van der Waals surface area contributed by atoms with Gasteiger partial charge in [-0.25, -0.2) is 0 Å². The molecule has 1 atom stereocenters. The molecule has 2 aromatic rings. The molecule has 0 aromatic heterocycles. The van der Waals surface area contributed by atoms with E-state index in [1.807, 2.05) is 65.6 Å². The second-order valence-electron chi connectivity index (χ2n) is 6.93. The van der Waals surface area contributed by atoms with E-state index in [2.05, 4.69) is 5.32 Å². The van der Waals surface area contributed by atoms with Crippen molar-refractivity contribution in [2.24, 2.45) is 5.92 Å². The molecule has 0 saturated carbocycles. The average Bonchev–Trinajstić information content (AvgIpc) is 2.72. The zero-order chi connectivity index (χ0) is 19.1. The highest BCUT2D eigenvalue weighted by Crippen LogP contribution is 2.37. The molecule has 2 aromatic carbocycles. The molecule has 1 heterocycles. The van der Waals surface area contributed by atoms with E-state index >= 15 is 0 Å². The third-order valence-corrected chi connectivity index (χ3v) is 6.14. The normalized spacial score (nSPS) is 16.0. The number of amides is 2. The van der Waals surface area contributed by atoms with E-state index in [0.717, 1.165) is 36.4 Å². The third kappa shape index (κ3) is 5.60. The second kappa shape index (κ2) is 9.60. The Morgan fingerprint density at radius 2 is 1.63 bits per heavy atom. The van der Waals surface area contributed by atoms with Crippen LogP contribution in [0.4, 0.5) is 0 Å².